The summed E-state index contributed by atoms with van der Waals surface area (Å²) >= 11 is 0. The van der Waals surface area contributed by atoms with Crippen LogP contribution >= 0.6 is 0 Å². The summed E-state index contributed by atoms with van der Waals surface area (Å²) in [5.74, 6) is 0. The maximum absolute atomic E-state index is 5.46. The van der Waals surface area contributed by atoms with E-state index in [-0.39, 0.29) is 0 Å². The summed E-state index contributed by atoms with van der Waals surface area (Å²) in [7, 11) is 1.73. The Morgan fingerprint density at radius 2 is 1.88 bits per heavy atom. The molecule has 0 aliphatic heterocycles. The molecule has 100 valence electrons. The van der Waals surface area contributed by atoms with Gasteiger partial charge >= 0.3 is 0 Å². The summed E-state index contributed by atoms with van der Waals surface area (Å²) in [5.41, 5.74) is 0.953. The Labute approximate surface area is 104 Å². The molecule has 0 radical (unpaired) electrons. The predicted molar refractivity (Wildman–Crippen MR) is 68.1 cm³/mol. The first-order chi connectivity index (χ1) is 8.43. The van der Waals surface area contributed by atoms with Crippen molar-refractivity contribution in [3.05, 3.63) is 18.0 Å². The Morgan fingerprint density at radius 3 is 2.53 bits per heavy atom. The third kappa shape index (κ3) is 10.0. The SMILES string of the molecule is CC.COCCCCCOCCc1ccon1. The van der Waals surface area contributed by atoms with E-state index in [0.717, 1.165) is 51.2 Å². The maximum Gasteiger partial charge on any atom is 0.124 e. The first-order valence-electron chi connectivity index (χ1n) is 6.39. The lowest BCUT2D eigenvalue weighted by Gasteiger charge is -2.02. The van der Waals surface area contributed by atoms with Crippen LogP contribution in [0.3, 0.4) is 0 Å². The van der Waals surface area contributed by atoms with E-state index in [1.54, 1.807) is 13.4 Å². The molecule has 0 unspecified atom stereocenters. The molecule has 4 nitrogen and oxygen atoms in total. The number of rotatable bonds is 9. The Kier molecular flexibility index (Phi) is 12.5. The van der Waals surface area contributed by atoms with Crippen LogP contribution in [0.15, 0.2) is 16.9 Å². The molecule has 0 aliphatic rings. The molecular weight excluding hydrogens is 218 g/mol. The highest BCUT2D eigenvalue weighted by atomic mass is 16.5. The van der Waals surface area contributed by atoms with Gasteiger partial charge in [0.15, 0.2) is 0 Å². The normalized spacial score (nSPS) is 9.82. The van der Waals surface area contributed by atoms with Gasteiger partial charge in [0.05, 0.1) is 12.3 Å². The van der Waals surface area contributed by atoms with Gasteiger partial charge in [-0.2, -0.15) is 0 Å². The first kappa shape index (κ1) is 16.1. The lowest BCUT2D eigenvalue weighted by Crippen LogP contribution is -2.01. The lowest BCUT2D eigenvalue weighted by molar-refractivity contribution is 0.127. The van der Waals surface area contributed by atoms with E-state index in [2.05, 4.69) is 5.16 Å². The second kappa shape index (κ2) is 13.2. The molecule has 0 atom stereocenters. The van der Waals surface area contributed by atoms with Gasteiger partial charge in [-0.25, -0.2) is 0 Å². The number of aromatic nitrogens is 1. The molecule has 1 aromatic rings. The maximum atomic E-state index is 5.46. The van der Waals surface area contributed by atoms with E-state index in [0.29, 0.717) is 0 Å². The van der Waals surface area contributed by atoms with Gasteiger partial charge in [-0.3, -0.25) is 0 Å². The molecule has 0 saturated carbocycles. The molecule has 0 amide bonds. The summed E-state index contributed by atoms with van der Waals surface area (Å²) in [6.45, 7) is 6.39. The van der Waals surface area contributed by atoms with Crippen molar-refractivity contribution < 1.29 is 14.0 Å². The molecule has 1 rings (SSSR count). The van der Waals surface area contributed by atoms with Crippen LogP contribution in [0.4, 0.5) is 0 Å². The fraction of sp³-hybridized carbons (Fsp3) is 0.769. The molecule has 17 heavy (non-hydrogen) atoms. The highest BCUT2D eigenvalue weighted by molar-refractivity contribution is 4.94. The van der Waals surface area contributed by atoms with Gasteiger partial charge in [0.1, 0.15) is 6.26 Å². The topological polar surface area (TPSA) is 44.5 Å². The van der Waals surface area contributed by atoms with Crippen LogP contribution in [0, 0.1) is 0 Å². The second-order valence-corrected chi connectivity index (χ2v) is 3.41. The zero-order valence-electron chi connectivity index (χ0n) is 11.3. The lowest BCUT2D eigenvalue weighted by atomic mass is 10.2. The van der Waals surface area contributed by atoms with Gasteiger partial charge < -0.3 is 14.0 Å². The predicted octanol–water partition coefficient (Wildman–Crippen LogP) is 3.08. The van der Waals surface area contributed by atoms with Crippen LogP contribution in [0.2, 0.25) is 0 Å². The Balaban J connectivity index is 0.00000121. The highest BCUT2D eigenvalue weighted by Gasteiger charge is 1.96. The summed E-state index contributed by atoms with van der Waals surface area (Å²) in [4.78, 5) is 0. The van der Waals surface area contributed by atoms with Crippen LogP contribution < -0.4 is 0 Å². The van der Waals surface area contributed by atoms with E-state index in [1.807, 2.05) is 19.9 Å². The summed E-state index contributed by atoms with van der Waals surface area (Å²) in [6.07, 6.45) is 5.79. The van der Waals surface area contributed by atoms with Gasteiger partial charge in [-0.15, -0.1) is 0 Å². The van der Waals surface area contributed by atoms with Crippen molar-refractivity contribution >= 4 is 0 Å². The zero-order chi connectivity index (χ0) is 12.8. The van der Waals surface area contributed by atoms with E-state index in [9.17, 15) is 0 Å². The monoisotopic (exact) mass is 243 g/mol. The van der Waals surface area contributed by atoms with Gasteiger partial charge in [0, 0.05) is 32.8 Å². The largest absolute Gasteiger partial charge is 0.385 e. The van der Waals surface area contributed by atoms with Crippen molar-refractivity contribution in [3.8, 4) is 0 Å². The molecular formula is C13H25NO3. The molecule has 0 fully saturated rings. The Hall–Kier alpha value is -0.870. The number of nitrogens with zero attached hydrogens (tertiary/aromatic N) is 1. The molecule has 0 N–H and O–H groups in total. The summed E-state index contributed by atoms with van der Waals surface area (Å²) in [6, 6.07) is 1.86. The van der Waals surface area contributed by atoms with Crippen LogP contribution in [-0.4, -0.2) is 32.1 Å². The van der Waals surface area contributed by atoms with E-state index < -0.39 is 0 Å². The minimum Gasteiger partial charge on any atom is -0.385 e. The Bertz CT molecular complexity index is 225. The average molecular weight is 243 g/mol. The van der Waals surface area contributed by atoms with Crippen LogP contribution in [0.1, 0.15) is 38.8 Å². The van der Waals surface area contributed by atoms with E-state index in [4.69, 9.17) is 14.0 Å². The van der Waals surface area contributed by atoms with Gasteiger partial charge in [0.25, 0.3) is 0 Å². The van der Waals surface area contributed by atoms with Crippen molar-refractivity contribution in [2.45, 2.75) is 39.5 Å². The number of hydrogen-bond acceptors (Lipinski definition) is 4. The van der Waals surface area contributed by atoms with Crippen LogP contribution in [0.25, 0.3) is 0 Å². The third-order valence-corrected chi connectivity index (χ3v) is 2.13. The molecule has 0 spiro atoms. The van der Waals surface area contributed by atoms with Crippen LogP contribution in [-0.2, 0) is 15.9 Å². The number of hydrogen-bond donors (Lipinski definition) is 0. The van der Waals surface area contributed by atoms with E-state index in [1.165, 1.54) is 0 Å². The third-order valence-electron chi connectivity index (χ3n) is 2.13. The van der Waals surface area contributed by atoms with Crippen molar-refractivity contribution in [1.82, 2.24) is 5.16 Å². The number of methoxy groups -OCH3 is 1. The van der Waals surface area contributed by atoms with Crippen molar-refractivity contribution in [1.29, 1.82) is 0 Å². The smallest absolute Gasteiger partial charge is 0.124 e. The second-order valence-electron chi connectivity index (χ2n) is 3.41. The number of ether oxygens (including phenoxy) is 2. The quantitative estimate of drug-likeness (QED) is 0.625. The fourth-order valence-electron chi connectivity index (χ4n) is 1.27. The number of unbranched alkanes of at least 4 members (excludes halogenated alkanes) is 2. The van der Waals surface area contributed by atoms with Crippen LogP contribution in [0.5, 0.6) is 0 Å². The molecule has 0 aliphatic carbocycles. The minimum absolute atomic E-state index is 0.719. The molecule has 0 aromatic carbocycles. The minimum atomic E-state index is 0.719. The van der Waals surface area contributed by atoms with Crippen molar-refractivity contribution in [3.63, 3.8) is 0 Å². The zero-order valence-corrected chi connectivity index (χ0v) is 11.3. The van der Waals surface area contributed by atoms with Gasteiger partial charge in [-0.05, 0) is 19.3 Å². The summed E-state index contributed by atoms with van der Waals surface area (Å²) in [5, 5.41) is 3.80. The first-order valence-corrected chi connectivity index (χ1v) is 6.39. The molecule has 0 bridgehead atoms. The molecule has 4 heteroatoms. The fourth-order valence-corrected chi connectivity index (χ4v) is 1.27. The van der Waals surface area contributed by atoms with Crippen molar-refractivity contribution in [2.24, 2.45) is 0 Å². The molecule has 1 aromatic heterocycles. The Morgan fingerprint density at radius 1 is 1.12 bits per heavy atom. The average Bonchev–Trinajstić information content (AvgIpc) is 2.88. The summed E-state index contributed by atoms with van der Waals surface area (Å²) < 4.78 is 15.1. The van der Waals surface area contributed by atoms with Gasteiger partial charge in [-0.1, -0.05) is 19.0 Å². The van der Waals surface area contributed by atoms with Gasteiger partial charge in [0.2, 0.25) is 0 Å². The van der Waals surface area contributed by atoms with Crippen molar-refractivity contribution in [2.75, 3.05) is 26.9 Å². The standard InChI is InChI=1S/C11H19NO3.C2H6/c1-13-7-3-2-4-8-14-9-5-11-6-10-15-12-11;1-2/h6,10H,2-5,7-9H2,1H3;1-2H3. The molecule has 0 saturated heterocycles. The highest BCUT2D eigenvalue weighted by Crippen LogP contribution is 1.98. The van der Waals surface area contributed by atoms with E-state index >= 15 is 0 Å². The molecule has 1 heterocycles.